The van der Waals surface area contributed by atoms with Crippen molar-refractivity contribution < 1.29 is 30.8 Å². The fourth-order valence-corrected chi connectivity index (χ4v) is 5.01. The lowest BCUT2D eigenvalue weighted by molar-refractivity contribution is -0.137. The number of fused-ring (bicyclic) bond motifs is 1. The number of benzene rings is 2. The highest BCUT2D eigenvalue weighted by Crippen LogP contribution is 2.31. The van der Waals surface area contributed by atoms with E-state index in [-0.39, 0.29) is 37.8 Å². The number of sulfonamides is 1. The van der Waals surface area contributed by atoms with Crippen molar-refractivity contribution in [3.05, 3.63) is 65.4 Å². The Bertz CT molecular complexity index is 1240. The van der Waals surface area contributed by atoms with Gasteiger partial charge in [-0.2, -0.15) is 17.5 Å². The van der Waals surface area contributed by atoms with E-state index in [1.54, 1.807) is 12.1 Å². The van der Waals surface area contributed by atoms with Gasteiger partial charge in [0.25, 0.3) is 5.91 Å². The minimum atomic E-state index is -4.64. The van der Waals surface area contributed by atoms with Crippen LogP contribution in [0, 0.1) is 6.92 Å². The predicted octanol–water partition coefficient (Wildman–Crippen LogP) is 3.91. The summed E-state index contributed by atoms with van der Waals surface area (Å²) in [5.41, 5.74) is 0.586. The lowest BCUT2D eigenvalue weighted by atomic mass is 10.2. The number of hydrogen-bond donors (Lipinski definition) is 0. The van der Waals surface area contributed by atoms with Crippen molar-refractivity contribution in [3.63, 3.8) is 0 Å². The molecular formula is C21H19F3N2O4S. The average molecular weight is 452 g/mol. The molecule has 164 valence electrons. The van der Waals surface area contributed by atoms with Crippen LogP contribution in [0.1, 0.15) is 21.7 Å². The Labute approximate surface area is 176 Å². The average Bonchev–Trinajstić information content (AvgIpc) is 3.16. The summed E-state index contributed by atoms with van der Waals surface area (Å²) in [6.45, 7) is 2.09. The molecule has 0 aliphatic carbocycles. The topological polar surface area (TPSA) is 70.8 Å². The van der Waals surface area contributed by atoms with Gasteiger partial charge in [-0.15, -0.1) is 0 Å². The van der Waals surface area contributed by atoms with Crippen molar-refractivity contribution in [3.8, 4) is 0 Å². The Hall–Kier alpha value is -2.85. The molecule has 3 aromatic rings. The van der Waals surface area contributed by atoms with Gasteiger partial charge in [0.1, 0.15) is 5.58 Å². The maximum atomic E-state index is 12.9. The molecule has 6 nitrogen and oxygen atoms in total. The molecule has 1 aromatic heterocycles. The molecule has 0 spiro atoms. The van der Waals surface area contributed by atoms with Crippen LogP contribution in [0.15, 0.2) is 57.8 Å². The SMILES string of the molecule is Cc1ccc2oc(C(=O)N3CCN(S(=O)(=O)c4cccc(C(F)(F)F)c4)CC3)cc2c1. The number of piperazine rings is 1. The van der Waals surface area contributed by atoms with E-state index in [2.05, 4.69) is 0 Å². The molecule has 0 N–H and O–H groups in total. The van der Waals surface area contributed by atoms with Gasteiger partial charge in [-0.05, 0) is 43.3 Å². The van der Waals surface area contributed by atoms with Crippen molar-refractivity contribution in [2.75, 3.05) is 26.2 Å². The lowest BCUT2D eigenvalue weighted by Gasteiger charge is -2.33. The molecule has 0 saturated carbocycles. The number of furan rings is 1. The first-order valence-corrected chi connectivity index (χ1v) is 11.0. The summed E-state index contributed by atoms with van der Waals surface area (Å²) in [7, 11) is -4.11. The van der Waals surface area contributed by atoms with E-state index in [9.17, 15) is 26.4 Å². The molecule has 31 heavy (non-hydrogen) atoms. The van der Waals surface area contributed by atoms with Gasteiger partial charge in [0.05, 0.1) is 10.5 Å². The second kappa shape index (κ2) is 7.69. The van der Waals surface area contributed by atoms with Crippen LogP contribution in [0.4, 0.5) is 13.2 Å². The third-order valence-corrected chi connectivity index (χ3v) is 7.10. The van der Waals surface area contributed by atoms with Gasteiger partial charge in [-0.1, -0.05) is 17.7 Å². The second-order valence-electron chi connectivity index (χ2n) is 7.37. The van der Waals surface area contributed by atoms with Gasteiger partial charge < -0.3 is 9.32 Å². The zero-order valence-corrected chi connectivity index (χ0v) is 17.3. The number of rotatable bonds is 3. The summed E-state index contributed by atoms with van der Waals surface area (Å²) in [6, 6.07) is 10.9. The molecule has 0 unspecified atom stereocenters. The van der Waals surface area contributed by atoms with E-state index in [1.807, 2.05) is 19.1 Å². The molecule has 0 radical (unpaired) electrons. The maximum absolute atomic E-state index is 12.9. The molecule has 1 saturated heterocycles. The number of amides is 1. The third kappa shape index (κ3) is 4.17. The van der Waals surface area contributed by atoms with Crippen LogP contribution >= 0.6 is 0 Å². The Balaban J connectivity index is 1.48. The summed E-state index contributed by atoms with van der Waals surface area (Å²) in [6.07, 6.45) is -4.64. The zero-order chi connectivity index (χ0) is 22.4. The van der Waals surface area contributed by atoms with Gasteiger partial charge in [0, 0.05) is 31.6 Å². The number of carbonyl (C=O) groups excluding carboxylic acids is 1. The van der Waals surface area contributed by atoms with Crippen LogP contribution in [0.3, 0.4) is 0 Å². The van der Waals surface area contributed by atoms with E-state index < -0.39 is 26.7 Å². The van der Waals surface area contributed by atoms with Gasteiger partial charge in [0.2, 0.25) is 10.0 Å². The Morgan fingerprint density at radius 2 is 1.71 bits per heavy atom. The molecule has 1 amide bonds. The smallest absolute Gasteiger partial charge is 0.416 e. The third-order valence-electron chi connectivity index (χ3n) is 5.21. The van der Waals surface area contributed by atoms with Crippen LogP contribution in [-0.2, 0) is 16.2 Å². The fraction of sp³-hybridized carbons (Fsp3) is 0.286. The van der Waals surface area contributed by atoms with E-state index in [0.717, 1.165) is 33.5 Å². The summed E-state index contributed by atoms with van der Waals surface area (Å²) in [5, 5.41) is 0.800. The highest BCUT2D eigenvalue weighted by Gasteiger charge is 2.35. The number of alkyl halides is 3. The van der Waals surface area contributed by atoms with Gasteiger partial charge >= 0.3 is 6.18 Å². The molecule has 1 aliphatic rings. The largest absolute Gasteiger partial charge is 0.451 e. The zero-order valence-electron chi connectivity index (χ0n) is 16.5. The standard InChI is InChI=1S/C21H19F3N2O4S/c1-14-5-6-18-15(11-14)12-19(30-18)20(27)25-7-9-26(10-8-25)31(28,29)17-4-2-3-16(13-17)21(22,23)24/h2-6,11-13H,7-10H2,1H3. The van der Waals surface area contributed by atoms with Crippen molar-refractivity contribution in [1.82, 2.24) is 9.21 Å². The Morgan fingerprint density at radius 1 is 1.00 bits per heavy atom. The summed E-state index contributed by atoms with van der Waals surface area (Å²) in [4.78, 5) is 13.8. The minimum Gasteiger partial charge on any atom is -0.451 e. The van der Waals surface area contributed by atoms with Gasteiger partial charge in [0.15, 0.2) is 5.76 Å². The fourth-order valence-electron chi connectivity index (χ4n) is 3.54. The molecular weight excluding hydrogens is 433 g/mol. The Morgan fingerprint density at radius 3 is 2.39 bits per heavy atom. The van der Waals surface area contributed by atoms with Crippen LogP contribution in [-0.4, -0.2) is 49.7 Å². The molecule has 1 fully saturated rings. The Kier molecular flexibility index (Phi) is 5.30. The maximum Gasteiger partial charge on any atom is 0.416 e. The quantitative estimate of drug-likeness (QED) is 0.604. The number of carbonyl (C=O) groups is 1. The first-order chi connectivity index (χ1) is 14.6. The number of halogens is 3. The van der Waals surface area contributed by atoms with Gasteiger partial charge in [-0.25, -0.2) is 8.42 Å². The lowest BCUT2D eigenvalue weighted by Crippen LogP contribution is -2.50. The molecule has 0 atom stereocenters. The second-order valence-corrected chi connectivity index (χ2v) is 9.31. The molecule has 2 aromatic carbocycles. The van der Waals surface area contributed by atoms with Crippen molar-refractivity contribution in [2.45, 2.75) is 18.0 Å². The van der Waals surface area contributed by atoms with Crippen molar-refractivity contribution in [1.29, 1.82) is 0 Å². The molecule has 10 heteroatoms. The molecule has 1 aliphatic heterocycles. The van der Waals surface area contributed by atoms with E-state index in [0.29, 0.717) is 11.6 Å². The van der Waals surface area contributed by atoms with Crippen LogP contribution in [0.5, 0.6) is 0 Å². The van der Waals surface area contributed by atoms with Crippen molar-refractivity contribution in [2.24, 2.45) is 0 Å². The van der Waals surface area contributed by atoms with Gasteiger partial charge in [-0.3, -0.25) is 4.79 Å². The summed E-state index contributed by atoms with van der Waals surface area (Å²) in [5.74, 6) is -0.195. The number of nitrogens with zero attached hydrogens (tertiary/aromatic N) is 2. The van der Waals surface area contributed by atoms with Crippen LogP contribution in [0.25, 0.3) is 11.0 Å². The first kappa shape index (κ1) is 21.4. The highest BCUT2D eigenvalue weighted by atomic mass is 32.2. The van der Waals surface area contributed by atoms with Crippen LogP contribution < -0.4 is 0 Å². The normalized spacial score (nSPS) is 16.1. The minimum absolute atomic E-state index is 0.0242. The number of hydrogen-bond acceptors (Lipinski definition) is 4. The van der Waals surface area contributed by atoms with E-state index in [4.69, 9.17) is 4.42 Å². The van der Waals surface area contributed by atoms with E-state index in [1.165, 1.54) is 4.90 Å². The summed E-state index contributed by atoms with van der Waals surface area (Å²) >= 11 is 0. The molecule has 2 heterocycles. The predicted molar refractivity (Wildman–Crippen MR) is 107 cm³/mol. The number of aryl methyl sites for hydroxylation is 1. The molecule has 0 bridgehead atoms. The van der Waals surface area contributed by atoms with Crippen molar-refractivity contribution >= 4 is 26.9 Å². The monoisotopic (exact) mass is 452 g/mol. The van der Waals surface area contributed by atoms with E-state index >= 15 is 0 Å². The van der Waals surface area contributed by atoms with Crippen LogP contribution in [0.2, 0.25) is 0 Å². The first-order valence-electron chi connectivity index (χ1n) is 9.52. The summed E-state index contributed by atoms with van der Waals surface area (Å²) < 4.78 is 71.1. The highest BCUT2D eigenvalue weighted by molar-refractivity contribution is 7.89. The molecule has 4 rings (SSSR count).